The summed E-state index contributed by atoms with van der Waals surface area (Å²) in [5, 5.41) is 0. The third-order valence-electron chi connectivity index (χ3n) is 4.99. The number of amides is 1. The molecule has 2 atom stereocenters. The van der Waals surface area contributed by atoms with Gasteiger partial charge in [0.2, 0.25) is 5.91 Å². The lowest BCUT2D eigenvalue weighted by Gasteiger charge is -2.30. The number of ether oxygens (including phenoxy) is 2. The number of nitrogens with zero attached hydrogens (tertiary/aromatic N) is 2. The quantitative estimate of drug-likeness (QED) is 0.840. The Hall–Kier alpha value is -1.66. The lowest BCUT2D eigenvalue weighted by molar-refractivity contribution is -0.140. The molecule has 3 rings (SSSR count). The maximum absolute atomic E-state index is 14.3. The minimum absolute atomic E-state index is 0.0169. The minimum atomic E-state index is -0.310. The Morgan fingerprint density at radius 2 is 2.08 bits per heavy atom. The molecule has 5 nitrogen and oxygen atoms in total. The van der Waals surface area contributed by atoms with Gasteiger partial charge in [0.25, 0.3) is 0 Å². The zero-order valence-corrected chi connectivity index (χ0v) is 14.3. The number of halogens is 1. The van der Waals surface area contributed by atoms with Crippen molar-refractivity contribution in [1.82, 2.24) is 9.80 Å². The number of hydrogen-bond donors (Lipinski definition) is 0. The number of carbonyl (C=O) groups is 1. The first-order chi connectivity index (χ1) is 11.6. The van der Waals surface area contributed by atoms with Crippen molar-refractivity contribution in [2.45, 2.75) is 13.5 Å². The van der Waals surface area contributed by atoms with Gasteiger partial charge < -0.3 is 14.4 Å². The van der Waals surface area contributed by atoms with E-state index in [0.717, 1.165) is 6.54 Å². The van der Waals surface area contributed by atoms with E-state index in [1.165, 1.54) is 7.11 Å². The summed E-state index contributed by atoms with van der Waals surface area (Å²) >= 11 is 0. The van der Waals surface area contributed by atoms with Crippen LogP contribution in [0.4, 0.5) is 4.39 Å². The monoisotopic (exact) mass is 336 g/mol. The second-order valence-corrected chi connectivity index (χ2v) is 6.65. The molecular weight excluding hydrogens is 311 g/mol. The lowest BCUT2D eigenvalue weighted by Crippen LogP contribution is -2.45. The molecule has 0 aromatic heterocycles. The van der Waals surface area contributed by atoms with Crippen LogP contribution in [0.5, 0.6) is 5.75 Å². The molecule has 1 amide bonds. The van der Waals surface area contributed by atoms with Gasteiger partial charge in [0.1, 0.15) is 0 Å². The number of hydrogen-bond acceptors (Lipinski definition) is 4. The molecule has 0 aliphatic carbocycles. The molecule has 0 unspecified atom stereocenters. The van der Waals surface area contributed by atoms with E-state index in [2.05, 4.69) is 11.8 Å². The van der Waals surface area contributed by atoms with Gasteiger partial charge in [-0.15, -0.1) is 0 Å². The molecule has 6 heteroatoms. The summed E-state index contributed by atoms with van der Waals surface area (Å²) < 4.78 is 24.7. The van der Waals surface area contributed by atoms with Crippen molar-refractivity contribution in [2.24, 2.45) is 11.8 Å². The highest BCUT2D eigenvalue weighted by Crippen LogP contribution is 2.28. The summed E-state index contributed by atoms with van der Waals surface area (Å²) in [5.74, 6) is 0.418. The summed E-state index contributed by atoms with van der Waals surface area (Å²) in [5.41, 5.74) is 0.612. The van der Waals surface area contributed by atoms with Crippen molar-refractivity contribution in [3.8, 4) is 5.75 Å². The van der Waals surface area contributed by atoms with Gasteiger partial charge >= 0.3 is 0 Å². The average Bonchev–Trinajstić information content (AvgIpc) is 2.97. The van der Waals surface area contributed by atoms with Crippen LogP contribution in [0.15, 0.2) is 18.2 Å². The Labute approximate surface area is 142 Å². The van der Waals surface area contributed by atoms with E-state index in [0.29, 0.717) is 45.0 Å². The van der Waals surface area contributed by atoms with E-state index < -0.39 is 0 Å². The summed E-state index contributed by atoms with van der Waals surface area (Å²) in [6.45, 7) is 6.66. The molecule has 0 bridgehead atoms. The predicted octanol–water partition coefficient (Wildman–Crippen LogP) is 1.76. The fourth-order valence-corrected chi connectivity index (χ4v) is 3.61. The second kappa shape index (κ2) is 7.49. The van der Waals surface area contributed by atoms with E-state index in [4.69, 9.17) is 9.47 Å². The van der Waals surface area contributed by atoms with Crippen LogP contribution in [0.25, 0.3) is 0 Å². The summed E-state index contributed by atoms with van der Waals surface area (Å²) in [6.07, 6.45) is 0. The molecule has 0 N–H and O–H groups in total. The molecule has 2 saturated heterocycles. The highest BCUT2D eigenvalue weighted by molar-refractivity contribution is 5.79. The highest BCUT2D eigenvalue weighted by atomic mass is 19.1. The minimum Gasteiger partial charge on any atom is -0.494 e. The van der Waals surface area contributed by atoms with Gasteiger partial charge in [0.05, 0.1) is 26.2 Å². The Balaban J connectivity index is 1.64. The van der Waals surface area contributed by atoms with Crippen molar-refractivity contribution in [1.29, 1.82) is 0 Å². The topological polar surface area (TPSA) is 42.0 Å². The van der Waals surface area contributed by atoms with Gasteiger partial charge in [-0.25, -0.2) is 4.39 Å². The Morgan fingerprint density at radius 1 is 1.33 bits per heavy atom. The largest absolute Gasteiger partial charge is 0.494 e. The molecule has 0 saturated carbocycles. The maximum atomic E-state index is 14.3. The van der Waals surface area contributed by atoms with Crippen molar-refractivity contribution < 1.29 is 18.7 Å². The fraction of sp³-hybridized carbons (Fsp3) is 0.611. The van der Waals surface area contributed by atoms with Crippen molar-refractivity contribution >= 4 is 5.91 Å². The zero-order chi connectivity index (χ0) is 17.1. The summed E-state index contributed by atoms with van der Waals surface area (Å²) in [6, 6.07) is 5.20. The molecule has 0 radical (unpaired) electrons. The van der Waals surface area contributed by atoms with Gasteiger partial charge in [-0.1, -0.05) is 19.1 Å². The van der Waals surface area contributed by atoms with Crippen LogP contribution in [-0.4, -0.2) is 62.2 Å². The Bertz CT molecular complexity index is 590. The first-order valence-corrected chi connectivity index (χ1v) is 8.50. The zero-order valence-electron chi connectivity index (χ0n) is 14.3. The molecule has 2 heterocycles. The van der Waals surface area contributed by atoms with Gasteiger partial charge in [0.15, 0.2) is 11.6 Å². The first kappa shape index (κ1) is 17.2. The van der Waals surface area contributed by atoms with Crippen molar-refractivity contribution in [3.05, 3.63) is 29.6 Å². The fourth-order valence-electron chi connectivity index (χ4n) is 3.61. The van der Waals surface area contributed by atoms with Crippen LogP contribution in [-0.2, 0) is 16.1 Å². The molecule has 1 aromatic carbocycles. The number of carbonyl (C=O) groups excluding carboxylic acids is 1. The number of rotatable bonds is 4. The van der Waals surface area contributed by atoms with Crippen LogP contribution in [0.2, 0.25) is 0 Å². The number of likely N-dealkylation sites (tertiary alicyclic amines) is 1. The van der Waals surface area contributed by atoms with E-state index in [-0.39, 0.29) is 29.3 Å². The summed E-state index contributed by atoms with van der Waals surface area (Å²) in [4.78, 5) is 16.8. The standard InChI is InChI=1S/C18H25FN2O3/c1-13-10-20(11-14-4-3-5-16(23-2)17(14)19)12-15(13)18(22)21-6-8-24-9-7-21/h3-5,13,15H,6-12H2,1-2H3/t13-,15-/m1/s1. The van der Waals surface area contributed by atoms with Crippen LogP contribution >= 0.6 is 0 Å². The Morgan fingerprint density at radius 3 is 2.79 bits per heavy atom. The van der Waals surface area contributed by atoms with E-state index in [1.807, 2.05) is 4.90 Å². The van der Waals surface area contributed by atoms with E-state index in [9.17, 15) is 9.18 Å². The van der Waals surface area contributed by atoms with Gasteiger partial charge in [-0.2, -0.15) is 0 Å². The molecule has 0 spiro atoms. The van der Waals surface area contributed by atoms with E-state index in [1.54, 1.807) is 18.2 Å². The van der Waals surface area contributed by atoms with Gasteiger partial charge in [0, 0.05) is 38.3 Å². The second-order valence-electron chi connectivity index (χ2n) is 6.65. The van der Waals surface area contributed by atoms with Crippen LogP contribution < -0.4 is 4.74 Å². The van der Waals surface area contributed by atoms with Crippen LogP contribution in [0.1, 0.15) is 12.5 Å². The highest BCUT2D eigenvalue weighted by Gasteiger charge is 2.37. The van der Waals surface area contributed by atoms with E-state index >= 15 is 0 Å². The van der Waals surface area contributed by atoms with Gasteiger partial charge in [-0.3, -0.25) is 9.69 Å². The molecule has 24 heavy (non-hydrogen) atoms. The smallest absolute Gasteiger partial charge is 0.227 e. The molecule has 132 valence electrons. The Kier molecular flexibility index (Phi) is 5.36. The third-order valence-corrected chi connectivity index (χ3v) is 4.99. The van der Waals surface area contributed by atoms with Gasteiger partial charge in [-0.05, 0) is 12.0 Å². The normalized spacial score (nSPS) is 25.0. The molecule has 1 aromatic rings. The van der Waals surface area contributed by atoms with Crippen LogP contribution in [0.3, 0.4) is 0 Å². The molecular formula is C18H25FN2O3. The SMILES string of the molecule is COc1cccc(CN2C[C@@H](C)[C@H](C(=O)N3CCOCC3)C2)c1F. The first-order valence-electron chi connectivity index (χ1n) is 8.50. The van der Waals surface area contributed by atoms with Crippen LogP contribution in [0, 0.1) is 17.7 Å². The molecule has 2 fully saturated rings. The van der Waals surface area contributed by atoms with Crippen molar-refractivity contribution in [2.75, 3.05) is 46.5 Å². The number of benzene rings is 1. The molecule has 2 aliphatic heterocycles. The third kappa shape index (κ3) is 3.54. The molecule has 2 aliphatic rings. The predicted molar refractivity (Wildman–Crippen MR) is 88.3 cm³/mol. The number of morpholine rings is 1. The maximum Gasteiger partial charge on any atom is 0.227 e. The number of methoxy groups -OCH3 is 1. The summed E-state index contributed by atoms with van der Waals surface area (Å²) in [7, 11) is 1.47. The van der Waals surface area contributed by atoms with Crippen molar-refractivity contribution in [3.63, 3.8) is 0 Å². The average molecular weight is 336 g/mol. The lowest BCUT2D eigenvalue weighted by atomic mass is 9.96.